The van der Waals surface area contributed by atoms with Crippen LogP contribution < -0.4 is 0 Å². The second-order valence-corrected chi connectivity index (χ2v) is 6.36. The number of furan rings is 1. The fourth-order valence-electron chi connectivity index (χ4n) is 2.39. The number of hydrogen-bond donors (Lipinski definition) is 0. The van der Waals surface area contributed by atoms with Gasteiger partial charge in [0, 0.05) is 22.0 Å². The number of carbonyl (C=O) groups excluding carboxylic acids is 1. The van der Waals surface area contributed by atoms with Crippen molar-refractivity contribution in [1.29, 1.82) is 0 Å². The summed E-state index contributed by atoms with van der Waals surface area (Å²) in [6, 6.07) is 5.59. The van der Waals surface area contributed by atoms with Crippen molar-refractivity contribution in [3.63, 3.8) is 0 Å². The van der Waals surface area contributed by atoms with Crippen LogP contribution in [0.5, 0.6) is 0 Å². The molecule has 1 aromatic carbocycles. The highest BCUT2D eigenvalue weighted by atomic mass is 79.9. The number of unbranched alkanes of at least 4 members (excludes halogenated alkanes) is 1. The molecule has 0 radical (unpaired) electrons. The minimum atomic E-state index is -0.523. The lowest BCUT2D eigenvalue weighted by molar-refractivity contribution is 0.0421. The van der Waals surface area contributed by atoms with Gasteiger partial charge in [-0.2, -0.15) is 0 Å². The lowest BCUT2D eigenvalue weighted by Crippen LogP contribution is -2.11. The second-order valence-electron chi connectivity index (χ2n) is 5.44. The third-order valence-electron chi connectivity index (χ3n) is 3.75. The molecule has 0 aliphatic rings. The van der Waals surface area contributed by atoms with Crippen LogP contribution in [0, 0.1) is 6.92 Å². The second kappa shape index (κ2) is 7.12. The molecule has 8 heteroatoms. The molecular weight excluding hydrogens is 376 g/mol. The number of aromatic nitrogens is 4. The van der Waals surface area contributed by atoms with Gasteiger partial charge in [0.2, 0.25) is 5.76 Å². The van der Waals surface area contributed by atoms with E-state index >= 15 is 0 Å². The largest absolute Gasteiger partial charge is 0.452 e. The summed E-state index contributed by atoms with van der Waals surface area (Å²) in [6.45, 7) is 4.64. The summed E-state index contributed by atoms with van der Waals surface area (Å²) in [5.41, 5.74) is 1.40. The molecule has 0 amide bonds. The van der Waals surface area contributed by atoms with Gasteiger partial charge in [-0.25, -0.2) is 9.48 Å². The Morgan fingerprint density at radius 1 is 1.42 bits per heavy atom. The zero-order valence-electron chi connectivity index (χ0n) is 13.5. The lowest BCUT2D eigenvalue weighted by Gasteiger charge is -2.04. The van der Waals surface area contributed by atoms with Crippen LogP contribution in [0.25, 0.3) is 11.0 Å². The first-order valence-electron chi connectivity index (χ1n) is 7.71. The number of hydrogen-bond acceptors (Lipinski definition) is 6. The summed E-state index contributed by atoms with van der Waals surface area (Å²) in [5, 5.41) is 12.3. The van der Waals surface area contributed by atoms with Crippen molar-refractivity contribution >= 4 is 32.9 Å². The molecule has 126 valence electrons. The zero-order valence-corrected chi connectivity index (χ0v) is 15.0. The van der Waals surface area contributed by atoms with E-state index in [0.29, 0.717) is 18.0 Å². The molecule has 0 fully saturated rings. The van der Waals surface area contributed by atoms with E-state index in [1.165, 1.54) is 0 Å². The van der Waals surface area contributed by atoms with Gasteiger partial charge in [0.1, 0.15) is 5.58 Å². The molecule has 3 aromatic rings. The van der Waals surface area contributed by atoms with Gasteiger partial charge in [-0.05, 0) is 42.0 Å². The van der Waals surface area contributed by atoms with Gasteiger partial charge >= 0.3 is 5.97 Å². The maximum atomic E-state index is 12.3. The van der Waals surface area contributed by atoms with Gasteiger partial charge in [-0.15, -0.1) is 5.10 Å². The number of fused-ring (bicyclic) bond motifs is 1. The molecule has 2 heterocycles. The molecular formula is C16H17BrN4O3. The van der Waals surface area contributed by atoms with Crippen LogP contribution in [0.2, 0.25) is 0 Å². The van der Waals surface area contributed by atoms with E-state index in [1.54, 1.807) is 4.68 Å². The maximum Gasteiger partial charge on any atom is 0.375 e. The smallest absolute Gasteiger partial charge is 0.375 e. The third-order valence-corrected chi connectivity index (χ3v) is 4.24. The minimum absolute atomic E-state index is 0.00965. The van der Waals surface area contributed by atoms with Crippen molar-refractivity contribution in [2.75, 3.05) is 0 Å². The van der Waals surface area contributed by atoms with Crippen LogP contribution in [0.1, 0.15) is 41.7 Å². The molecule has 0 aliphatic heterocycles. The number of rotatable bonds is 6. The summed E-state index contributed by atoms with van der Waals surface area (Å²) in [6.07, 6.45) is 2.00. The van der Waals surface area contributed by atoms with E-state index in [-0.39, 0.29) is 12.4 Å². The fraction of sp³-hybridized carbons (Fsp3) is 0.375. The normalized spacial score (nSPS) is 11.1. The lowest BCUT2D eigenvalue weighted by atomic mass is 10.1. The monoisotopic (exact) mass is 392 g/mol. The Morgan fingerprint density at radius 3 is 3.04 bits per heavy atom. The maximum absolute atomic E-state index is 12.3. The molecule has 0 N–H and O–H groups in total. The van der Waals surface area contributed by atoms with Gasteiger partial charge in [0.25, 0.3) is 0 Å². The summed E-state index contributed by atoms with van der Waals surface area (Å²) in [7, 11) is 0. The highest BCUT2D eigenvalue weighted by Crippen LogP contribution is 2.28. The van der Waals surface area contributed by atoms with Crippen LogP contribution in [0.15, 0.2) is 27.1 Å². The van der Waals surface area contributed by atoms with Crippen molar-refractivity contribution in [3.8, 4) is 0 Å². The van der Waals surface area contributed by atoms with E-state index in [0.717, 1.165) is 28.3 Å². The van der Waals surface area contributed by atoms with E-state index < -0.39 is 5.97 Å². The third kappa shape index (κ3) is 3.33. The number of esters is 1. The van der Waals surface area contributed by atoms with Gasteiger partial charge in [0.05, 0.1) is 0 Å². The molecule has 0 spiro atoms. The summed E-state index contributed by atoms with van der Waals surface area (Å²) >= 11 is 3.42. The molecule has 0 saturated carbocycles. The van der Waals surface area contributed by atoms with Crippen molar-refractivity contribution < 1.29 is 13.9 Å². The number of aryl methyl sites for hydroxylation is 2. The van der Waals surface area contributed by atoms with Crippen LogP contribution in [0.4, 0.5) is 0 Å². The standard InChI is InChI=1S/C16H17BrN4O3/c1-3-4-7-21-14(18-19-20-21)9-23-16(22)15-10(2)12-8-11(17)5-6-13(12)24-15/h5-6,8H,3-4,7,9H2,1-2H3. The van der Waals surface area contributed by atoms with Crippen LogP contribution in [-0.2, 0) is 17.9 Å². The Labute approximate surface area is 147 Å². The van der Waals surface area contributed by atoms with E-state index in [2.05, 4.69) is 38.4 Å². The SMILES string of the molecule is CCCCn1nnnc1COC(=O)c1oc2ccc(Br)cc2c1C. The molecule has 2 aromatic heterocycles. The van der Waals surface area contributed by atoms with Gasteiger partial charge in [0.15, 0.2) is 12.4 Å². The van der Waals surface area contributed by atoms with Crippen LogP contribution in [0.3, 0.4) is 0 Å². The first-order chi connectivity index (χ1) is 11.6. The quantitative estimate of drug-likeness (QED) is 0.595. The average molecular weight is 393 g/mol. The van der Waals surface area contributed by atoms with Crippen molar-refractivity contribution in [2.45, 2.75) is 39.8 Å². The molecule has 7 nitrogen and oxygen atoms in total. The predicted octanol–water partition coefficient (Wildman–Crippen LogP) is 3.65. The summed E-state index contributed by atoms with van der Waals surface area (Å²) in [4.78, 5) is 12.3. The summed E-state index contributed by atoms with van der Waals surface area (Å²) in [5.74, 6) is 0.203. The number of benzene rings is 1. The van der Waals surface area contributed by atoms with Gasteiger partial charge in [-0.1, -0.05) is 29.3 Å². The van der Waals surface area contributed by atoms with Crippen molar-refractivity contribution in [2.24, 2.45) is 0 Å². The number of halogens is 1. The Kier molecular flexibility index (Phi) is 4.94. The molecule has 0 bridgehead atoms. The first-order valence-corrected chi connectivity index (χ1v) is 8.50. The highest BCUT2D eigenvalue weighted by molar-refractivity contribution is 9.10. The van der Waals surface area contributed by atoms with E-state index in [1.807, 2.05) is 25.1 Å². The van der Waals surface area contributed by atoms with Crippen LogP contribution in [-0.4, -0.2) is 26.2 Å². The molecule has 0 saturated heterocycles. The predicted molar refractivity (Wildman–Crippen MR) is 90.5 cm³/mol. The Bertz CT molecular complexity index is 871. The van der Waals surface area contributed by atoms with Crippen molar-refractivity contribution in [3.05, 3.63) is 39.8 Å². The van der Waals surface area contributed by atoms with Gasteiger partial charge < -0.3 is 9.15 Å². The highest BCUT2D eigenvalue weighted by Gasteiger charge is 2.20. The molecule has 24 heavy (non-hydrogen) atoms. The Morgan fingerprint density at radius 2 is 2.25 bits per heavy atom. The van der Waals surface area contributed by atoms with Crippen LogP contribution >= 0.6 is 15.9 Å². The number of carbonyl (C=O) groups is 1. The molecule has 0 atom stereocenters. The molecule has 3 rings (SSSR count). The average Bonchev–Trinajstić information content (AvgIpc) is 3.15. The number of nitrogens with zero attached hydrogens (tertiary/aromatic N) is 4. The molecule has 0 unspecified atom stereocenters. The van der Waals surface area contributed by atoms with Gasteiger partial charge in [-0.3, -0.25) is 0 Å². The Hall–Kier alpha value is -2.22. The number of tetrazole rings is 1. The first kappa shape index (κ1) is 16.6. The van der Waals surface area contributed by atoms with E-state index in [9.17, 15) is 4.79 Å². The molecule has 0 aliphatic carbocycles. The van der Waals surface area contributed by atoms with Crippen molar-refractivity contribution in [1.82, 2.24) is 20.2 Å². The zero-order chi connectivity index (χ0) is 17.1. The number of ether oxygens (including phenoxy) is 1. The summed E-state index contributed by atoms with van der Waals surface area (Å²) < 4.78 is 13.5. The fourth-order valence-corrected chi connectivity index (χ4v) is 2.75. The topological polar surface area (TPSA) is 83.0 Å². The minimum Gasteiger partial charge on any atom is -0.452 e. The van der Waals surface area contributed by atoms with E-state index in [4.69, 9.17) is 9.15 Å². The Balaban J connectivity index is 1.74.